The molecule has 1 aromatic carbocycles. The molecule has 2 rings (SSSR count). The normalized spacial score (nSPS) is 11.7. The van der Waals surface area contributed by atoms with Gasteiger partial charge in [-0.1, -0.05) is 0 Å². The first-order valence-electron chi connectivity index (χ1n) is 6.29. The van der Waals surface area contributed by atoms with Crippen molar-refractivity contribution in [2.75, 3.05) is 11.5 Å². The summed E-state index contributed by atoms with van der Waals surface area (Å²) in [6.45, 7) is 1.29. The van der Waals surface area contributed by atoms with Crippen molar-refractivity contribution in [3.63, 3.8) is 0 Å². The number of anilines is 2. The van der Waals surface area contributed by atoms with Crippen molar-refractivity contribution in [2.24, 2.45) is 0 Å². The van der Waals surface area contributed by atoms with Crippen molar-refractivity contribution in [2.45, 2.75) is 19.6 Å². The molecule has 0 bridgehead atoms. The van der Waals surface area contributed by atoms with Crippen LogP contribution in [0.25, 0.3) is 0 Å². The molecule has 8 nitrogen and oxygen atoms in total. The highest BCUT2D eigenvalue weighted by Gasteiger charge is 2.17. The minimum atomic E-state index is -0.887. The van der Waals surface area contributed by atoms with E-state index in [2.05, 4.69) is 15.0 Å². The summed E-state index contributed by atoms with van der Waals surface area (Å²) in [4.78, 5) is 22.9. The maximum Gasteiger partial charge on any atom is 0.347 e. The Labute approximate surface area is 125 Å². The van der Waals surface area contributed by atoms with E-state index in [1.807, 2.05) is 0 Å². The van der Waals surface area contributed by atoms with Gasteiger partial charge in [-0.05, 0) is 31.2 Å². The monoisotopic (exact) mass is 307 g/mol. The Bertz CT molecular complexity index is 645. The van der Waals surface area contributed by atoms with Crippen LogP contribution in [0.4, 0.5) is 16.3 Å². The predicted molar refractivity (Wildman–Crippen MR) is 74.9 cm³/mol. The molecule has 0 unspecified atom stereocenters. The number of esters is 1. The molecule has 0 aliphatic carbocycles. The van der Waals surface area contributed by atoms with Gasteiger partial charge in [-0.25, -0.2) is 9.18 Å². The van der Waals surface area contributed by atoms with Gasteiger partial charge in [0.25, 0.3) is 0 Å². The lowest BCUT2D eigenvalue weighted by atomic mass is 10.3. The van der Waals surface area contributed by atoms with Gasteiger partial charge in [0.15, 0.2) is 18.5 Å². The number of hydrogen-bond acceptors (Lipinski definition) is 8. The first-order chi connectivity index (χ1) is 10.4. The Balaban J connectivity index is 1.89. The van der Waals surface area contributed by atoms with E-state index < -0.39 is 17.9 Å². The van der Waals surface area contributed by atoms with Crippen molar-refractivity contribution >= 4 is 17.9 Å². The summed E-state index contributed by atoms with van der Waals surface area (Å²) < 4.78 is 23.1. The lowest BCUT2D eigenvalue weighted by molar-refractivity contribution is -0.152. The molecule has 1 atom stereocenters. The van der Waals surface area contributed by atoms with E-state index in [0.29, 0.717) is 5.75 Å². The van der Waals surface area contributed by atoms with Gasteiger partial charge in [0, 0.05) is 0 Å². The number of halogens is 1. The molecule has 0 fully saturated rings. The molecular formula is C13H14FN5O3. The van der Waals surface area contributed by atoms with E-state index in [9.17, 15) is 9.18 Å². The zero-order valence-corrected chi connectivity index (χ0v) is 11.7. The molecule has 1 heterocycles. The highest BCUT2D eigenvalue weighted by atomic mass is 19.1. The van der Waals surface area contributed by atoms with Crippen molar-refractivity contribution in [3.8, 4) is 5.75 Å². The molecule has 9 heteroatoms. The molecule has 4 N–H and O–H groups in total. The summed E-state index contributed by atoms with van der Waals surface area (Å²) in [7, 11) is 0. The van der Waals surface area contributed by atoms with Crippen molar-refractivity contribution in [1.29, 1.82) is 0 Å². The number of hydrogen-bond donors (Lipinski definition) is 2. The van der Waals surface area contributed by atoms with Crippen LogP contribution in [0.2, 0.25) is 0 Å². The first-order valence-corrected chi connectivity index (χ1v) is 6.29. The van der Waals surface area contributed by atoms with Gasteiger partial charge in [-0.15, -0.1) is 0 Å². The number of carbonyl (C=O) groups excluding carboxylic acids is 1. The van der Waals surface area contributed by atoms with Crippen LogP contribution >= 0.6 is 0 Å². The largest absolute Gasteiger partial charge is 0.479 e. The van der Waals surface area contributed by atoms with E-state index in [0.717, 1.165) is 0 Å². The third kappa shape index (κ3) is 4.27. The number of benzene rings is 1. The predicted octanol–water partition coefficient (Wildman–Crippen LogP) is 0.686. The van der Waals surface area contributed by atoms with Gasteiger partial charge in [-0.3, -0.25) is 0 Å². The number of nitrogen functional groups attached to an aromatic ring is 2. The number of aromatic nitrogens is 3. The van der Waals surface area contributed by atoms with E-state index in [1.165, 1.54) is 31.2 Å². The molecule has 1 aromatic heterocycles. The van der Waals surface area contributed by atoms with Gasteiger partial charge in [0.1, 0.15) is 11.6 Å². The smallest absolute Gasteiger partial charge is 0.347 e. The van der Waals surface area contributed by atoms with E-state index in [4.69, 9.17) is 20.9 Å². The Morgan fingerprint density at radius 1 is 1.18 bits per heavy atom. The minimum Gasteiger partial charge on any atom is -0.479 e. The number of nitrogens with two attached hydrogens (primary N) is 2. The second-order valence-corrected chi connectivity index (χ2v) is 4.29. The molecule has 0 spiro atoms. The molecular weight excluding hydrogens is 293 g/mol. The summed E-state index contributed by atoms with van der Waals surface area (Å²) in [5.41, 5.74) is 10.8. The fraction of sp³-hybridized carbons (Fsp3) is 0.231. The Morgan fingerprint density at radius 3 is 2.36 bits per heavy atom. The minimum absolute atomic E-state index is 0.0610. The van der Waals surface area contributed by atoms with Crippen molar-refractivity contribution in [1.82, 2.24) is 15.0 Å². The van der Waals surface area contributed by atoms with Crippen molar-refractivity contribution in [3.05, 3.63) is 35.9 Å². The third-order valence-electron chi connectivity index (χ3n) is 2.52. The number of nitrogens with zero attached hydrogens (tertiary/aromatic N) is 3. The first kappa shape index (κ1) is 15.4. The zero-order valence-electron chi connectivity index (χ0n) is 11.7. The topological polar surface area (TPSA) is 126 Å². The maximum absolute atomic E-state index is 12.8. The van der Waals surface area contributed by atoms with Crippen LogP contribution < -0.4 is 16.2 Å². The average molecular weight is 307 g/mol. The van der Waals surface area contributed by atoms with Crippen LogP contribution in [0.3, 0.4) is 0 Å². The second kappa shape index (κ2) is 6.66. The Hall–Kier alpha value is -2.97. The summed E-state index contributed by atoms with van der Waals surface area (Å²) in [5.74, 6) is -0.676. The van der Waals surface area contributed by atoms with E-state index in [1.54, 1.807) is 0 Å². The molecule has 2 aromatic rings. The Morgan fingerprint density at radius 2 is 1.77 bits per heavy atom. The summed E-state index contributed by atoms with van der Waals surface area (Å²) in [6, 6.07) is 5.27. The maximum atomic E-state index is 12.8. The van der Waals surface area contributed by atoms with Gasteiger partial charge in [-0.2, -0.15) is 15.0 Å². The quantitative estimate of drug-likeness (QED) is 0.772. The second-order valence-electron chi connectivity index (χ2n) is 4.29. The fourth-order valence-electron chi connectivity index (χ4n) is 1.54. The van der Waals surface area contributed by atoms with Gasteiger partial charge in [0.2, 0.25) is 11.9 Å². The third-order valence-corrected chi connectivity index (χ3v) is 2.52. The standard InChI is InChI=1S/C13H14FN5O3/c1-7(22-9-4-2-8(14)3-5-9)11(20)21-6-10-17-12(15)19-13(16)18-10/h2-5,7H,6H2,1H3,(H4,15,16,17,18,19)/t7-/m1/s1. The van der Waals surface area contributed by atoms with E-state index in [-0.39, 0.29) is 24.3 Å². The molecule has 0 saturated carbocycles. The number of carbonyl (C=O) groups is 1. The van der Waals surface area contributed by atoms with Gasteiger partial charge < -0.3 is 20.9 Å². The molecule has 116 valence electrons. The van der Waals surface area contributed by atoms with E-state index >= 15 is 0 Å². The van der Waals surface area contributed by atoms with Crippen LogP contribution in [0.15, 0.2) is 24.3 Å². The fourth-order valence-corrected chi connectivity index (χ4v) is 1.54. The molecule has 0 radical (unpaired) electrons. The lowest BCUT2D eigenvalue weighted by Gasteiger charge is -2.13. The molecule has 0 saturated heterocycles. The SMILES string of the molecule is C[C@@H](Oc1ccc(F)cc1)C(=O)OCc1nc(N)nc(N)n1. The van der Waals surface area contributed by atoms with Gasteiger partial charge >= 0.3 is 5.97 Å². The number of rotatable bonds is 5. The molecule has 22 heavy (non-hydrogen) atoms. The number of ether oxygens (including phenoxy) is 2. The molecule has 0 amide bonds. The molecule has 0 aliphatic rings. The summed E-state index contributed by atoms with van der Waals surface area (Å²) >= 11 is 0. The lowest BCUT2D eigenvalue weighted by Crippen LogP contribution is -2.26. The van der Waals surface area contributed by atoms with Crippen LogP contribution in [-0.2, 0) is 16.1 Å². The highest BCUT2D eigenvalue weighted by molar-refractivity contribution is 5.74. The zero-order chi connectivity index (χ0) is 16.1. The van der Waals surface area contributed by atoms with Gasteiger partial charge in [0.05, 0.1) is 0 Å². The van der Waals surface area contributed by atoms with Crippen LogP contribution in [0.5, 0.6) is 5.75 Å². The summed E-state index contributed by atoms with van der Waals surface area (Å²) in [5, 5.41) is 0. The van der Waals surface area contributed by atoms with Crippen molar-refractivity contribution < 1.29 is 18.7 Å². The molecule has 0 aliphatic heterocycles. The van der Waals surface area contributed by atoms with Crippen LogP contribution in [-0.4, -0.2) is 27.0 Å². The van der Waals surface area contributed by atoms with Crippen LogP contribution in [0.1, 0.15) is 12.7 Å². The highest BCUT2D eigenvalue weighted by Crippen LogP contribution is 2.13. The Kier molecular flexibility index (Phi) is 4.66. The average Bonchev–Trinajstić information content (AvgIpc) is 2.46. The van der Waals surface area contributed by atoms with Crippen LogP contribution in [0, 0.1) is 5.82 Å². The summed E-state index contributed by atoms with van der Waals surface area (Å²) in [6.07, 6.45) is -0.887.